The number of carbonyl (C=O) groups excluding carboxylic acids is 1. The second-order valence-electron chi connectivity index (χ2n) is 4.32. The normalized spacial score (nSPS) is 10.9. The molecule has 0 spiro atoms. The molecular formula is C10H20N2O4. The largest absolute Gasteiger partial charge is 0.481 e. The van der Waals surface area contributed by atoms with Crippen molar-refractivity contribution in [2.24, 2.45) is 0 Å². The lowest BCUT2D eigenvalue weighted by atomic mass is 10.2. The second-order valence-corrected chi connectivity index (χ2v) is 4.32. The molecule has 0 aromatic rings. The topological polar surface area (TPSA) is 87.7 Å². The highest BCUT2D eigenvalue weighted by Gasteiger charge is 2.15. The van der Waals surface area contributed by atoms with Crippen LogP contribution in [0.2, 0.25) is 0 Å². The van der Waals surface area contributed by atoms with Crippen molar-refractivity contribution in [2.75, 3.05) is 19.6 Å². The molecule has 94 valence electrons. The summed E-state index contributed by atoms with van der Waals surface area (Å²) in [5, 5.41) is 13.8. The zero-order valence-corrected chi connectivity index (χ0v) is 10.0. The van der Waals surface area contributed by atoms with E-state index >= 15 is 0 Å². The number of ether oxygens (including phenoxy) is 1. The van der Waals surface area contributed by atoms with E-state index in [0.717, 1.165) is 0 Å². The van der Waals surface area contributed by atoms with Crippen LogP contribution in [0.15, 0.2) is 0 Å². The van der Waals surface area contributed by atoms with Crippen molar-refractivity contribution in [3.05, 3.63) is 0 Å². The number of aliphatic carboxylic acids is 1. The number of hydrogen-bond acceptors (Lipinski definition) is 4. The third-order valence-corrected chi connectivity index (χ3v) is 1.49. The molecule has 0 rings (SSSR count). The first kappa shape index (κ1) is 14.7. The standard InChI is InChI=1S/C10H20N2O4/c1-10(2,3)16-9(15)12-7-6-11-5-4-8(13)14/h11H,4-7H2,1-3H3,(H,12,15)(H,13,14). The van der Waals surface area contributed by atoms with E-state index in [-0.39, 0.29) is 6.42 Å². The van der Waals surface area contributed by atoms with E-state index in [4.69, 9.17) is 9.84 Å². The quantitative estimate of drug-likeness (QED) is 0.583. The molecule has 0 unspecified atom stereocenters. The zero-order valence-electron chi connectivity index (χ0n) is 10.0. The molecule has 0 bridgehead atoms. The molecule has 0 aromatic heterocycles. The van der Waals surface area contributed by atoms with Gasteiger partial charge in [0.25, 0.3) is 0 Å². The van der Waals surface area contributed by atoms with Crippen LogP contribution in [0.4, 0.5) is 4.79 Å². The first-order chi connectivity index (χ1) is 7.31. The van der Waals surface area contributed by atoms with Crippen LogP contribution in [-0.4, -0.2) is 42.4 Å². The average molecular weight is 232 g/mol. The number of rotatable bonds is 6. The molecule has 0 aliphatic heterocycles. The highest BCUT2D eigenvalue weighted by atomic mass is 16.6. The third kappa shape index (κ3) is 10.8. The van der Waals surface area contributed by atoms with Crippen molar-refractivity contribution in [3.8, 4) is 0 Å². The summed E-state index contributed by atoms with van der Waals surface area (Å²) in [6, 6.07) is 0. The lowest BCUT2D eigenvalue weighted by Gasteiger charge is -2.19. The summed E-state index contributed by atoms with van der Waals surface area (Å²) in [7, 11) is 0. The van der Waals surface area contributed by atoms with Crippen LogP contribution in [-0.2, 0) is 9.53 Å². The number of alkyl carbamates (subject to hydrolysis) is 1. The number of nitrogens with one attached hydrogen (secondary N) is 2. The van der Waals surface area contributed by atoms with Crippen molar-refractivity contribution < 1.29 is 19.4 Å². The van der Waals surface area contributed by atoms with Gasteiger partial charge in [0.05, 0.1) is 6.42 Å². The van der Waals surface area contributed by atoms with Crippen LogP contribution in [0.25, 0.3) is 0 Å². The van der Waals surface area contributed by atoms with E-state index in [1.165, 1.54) is 0 Å². The second kappa shape index (κ2) is 7.05. The molecule has 16 heavy (non-hydrogen) atoms. The Kier molecular flexibility index (Phi) is 6.48. The maximum atomic E-state index is 11.1. The van der Waals surface area contributed by atoms with Gasteiger partial charge in [-0.25, -0.2) is 4.79 Å². The first-order valence-electron chi connectivity index (χ1n) is 5.20. The van der Waals surface area contributed by atoms with Crippen molar-refractivity contribution in [2.45, 2.75) is 32.8 Å². The minimum Gasteiger partial charge on any atom is -0.481 e. The van der Waals surface area contributed by atoms with Crippen LogP contribution < -0.4 is 10.6 Å². The van der Waals surface area contributed by atoms with Gasteiger partial charge in [-0.15, -0.1) is 0 Å². The minimum absolute atomic E-state index is 0.0758. The maximum Gasteiger partial charge on any atom is 0.407 e. The van der Waals surface area contributed by atoms with Gasteiger partial charge in [-0.2, -0.15) is 0 Å². The summed E-state index contributed by atoms with van der Waals surface area (Å²) >= 11 is 0. The summed E-state index contributed by atoms with van der Waals surface area (Å²) in [6.07, 6.45) is -0.389. The van der Waals surface area contributed by atoms with E-state index in [2.05, 4.69) is 10.6 Å². The van der Waals surface area contributed by atoms with E-state index in [0.29, 0.717) is 19.6 Å². The Balaban J connectivity index is 3.38. The Bertz CT molecular complexity index is 235. The van der Waals surface area contributed by atoms with Crippen LogP contribution in [0.3, 0.4) is 0 Å². The first-order valence-corrected chi connectivity index (χ1v) is 5.20. The van der Waals surface area contributed by atoms with Gasteiger partial charge in [0.2, 0.25) is 0 Å². The molecule has 0 atom stereocenters. The summed E-state index contributed by atoms with van der Waals surface area (Å²) in [4.78, 5) is 21.3. The molecule has 0 saturated heterocycles. The Morgan fingerprint density at radius 1 is 1.19 bits per heavy atom. The Morgan fingerprint density at radius 3 is 2.31 bits per heavy atom. The fourth-order valence-corrected chi connectivity index (χ4v) is 0.887. The predicted molar refractivity (Wildman–Crippen MR) is 59.4 cm³/mol. The molecule has 0 aliphatic carbocycles. The average Bonchev–Trinajstić information content (AvgIpc) is 2.07. The Hall–Kier alpha value is -1.30. The lowest BCUT2D eigenvalue weighted by Crippen LogP contribution is -2.36. The smallest absolute Gasteiger partial charge is 0.407 e. The molecule has 0 aliphatic rings. The van der Waals surface area contributed by atoms with Crippen LogP contribution in [0.5, 0.6) is 0 Å². The summed E-state index contributed by atoms with van der Waals surface area (Å²) in [6.45, 7) is 6.69. The number of amides is 1. The van der Waals surface area contributed by atoms with E-state index in [1.807, 2.05) is 0 Å². The number of hydrogen-bond donors (Lipinski definition) is 3. The Labute approximate surface area is 95.4 Å². The van der Waals surface area contributed by atoms with E-state index < -0.39 is 17.7 Å². The summed E-state index contributed by atoms with van der Waals surface area (Å²) in [5.74, 6) is -0.840. The predicted octanol–water partition coefficient (Wildman–Crippen LogP) is 0.575. The van der Waals surface area contributed by atoms with Gasteiger partial charge in [0.15, 0.2) is 0 Å². The monoisotopic (exact) mass is 232 g/mol. The molecule has 0 saturated carbocycles. The fraction of sp³-hybridized carbons (Fsp3) is 0.800. The molecule has 0 aromatic carbocycles. The fourth-order valence-electron chi connectivity index (χ4n) is 0.887. The highest BCUT2D eigenvalue weighted by molar-refractivity contribution is 5.67. The highest BCUT2D eigenvalue weighted by Crippen LogP contribution is 2.05. The van der Waals surface area contributed by atoms with Crippen molar-refractivity contribution in [1.29, 1.82) is 0 Å². The number of carboxylic acid groups (broad SMARTS) is 1. The molecule has 6 nitrogen and oxygen atoms in total. The van der Waals surface area contributed by atoms with Crippen LogP contribution >= 0.6 is 0 Å². The van der Waals surface area contributed by atoms with Crippen LogP contribution in [0.1, 0.15) is 27.2 Å². The third-order valence-electron chi connectivity index (χ3n) is 1.49. The SMILES string of the molecule is CC(C)(C)OC(=O)NCCNCCC(=O)O. The van der Waals surface area contributed by atoms with Crippen molar-refractivity contribution >= 4 is 12.1 Å². The van der Waals surface area contributed by atoms with Gasteiger partial charge in [0.1, 0.15) is 5.60 Å². The van der Waals surface area contributed by atoms with Gasteiger partial charge in [-0.3, -0.25) is 4.79 Å². The number of carbonyl (C=O) groups is 2. The van der Waals surface area contributed by atoms with Crippen molar-refractivity contribution in [1.82, 2.24) is 10.6 Å². The van der Waals surface area contributed by atoms with Gasteiger partial charge < -0.3 is 20.5 Å². The zero-order chi connectivity index (χ0) is 12.6. The summed E-state index contributed by atoms with van der Waals surface area (Å²) < 4.78 is 5.01. The maximum absolute atomic E-state index is 11.1. The molecule has 0 heterocycles. The van der Waals surface area contributed by atoms with Gasteiger partial charge >= 0.3 is 12.1 Å². The lowest BCUT2D eigenvalue weighted by molar-refractivity contribution is -0.136. The van der Waals surface area contributed by atoms with Gasteiger partial charge in [-0.1, -0.05) is 0 Å². The molecular weight excluding hydrogens is 212 g/mol. The molecule has 1 amide bonds. The summed E-state index contributed by atoms with van der Waals surface area (Å²) in [5.41, 5.74) is -0.499. The number of carboxylic acids is 1. The van der Waals surface area contributed by atoms with Gasteiger partial charge in [0, 0.05) is 19.6 Å². The minimum atomic E-state index is -0.840. The molecule has 0 fully saturated rings. The molecule has 6 heteroatoms. The molecule has 0 radical (unpaired) electrons. The van der Waals surface area contributed by atoms with E-state index in [9.17, 15) is 9.59 Å². The van der Waals surface area contributed by atoms with Gasteiger partial charge in [-0.05, 0) is 20.8 Å². The Morgan fingerprint density at radius 2 is 1.81 bits per heavy atom. The van der Waals surface area contributed by atoms with Crippen LogP contribution in [0, 0.1) is 0 Å². The van der Waals surface area contributed by atoms with Crippen molar-refractivity contribution in [3.63, 3.8) is 0 Å². The van der Waals surface area contributed by atoms with E-state index in [1.54, 1.807) is 20.8 Å². The molecule has 3 N–H and O–H groups in total.